The number of nitrogens with zero attached hydrogens (tertiary/aromatic N) is 1. The van der Waals surface area contributed by atoms with E-state index < -0.39 is 11.9 Å². The first-order valence-corrected chi connectivity index (χ1v) is 6.19. The maximum atomic E-state index is 12.2. The van der Waals surface area contributed by atoms with Crippen LogP contribution in [0.1, 0.15) is 12.5 Å². The Morgan fingerprint density at radius 3 is 2.74 bits per heavy atom. The van der Waals surface area contributed by atoms with E-state index in [1.54, 1.807) is 6.92 Å². The number of hydrogen-bond acceptors (Lipinski definition) is 4. The molecule has 1 aromatic rings. The standard InChI is InChI=1S/C15H15NO3/c1-2-19-15(18)13-10-16-9-12(14(13)17)8-11-6-4-3-5-7-11/h3-7,9-10,13H,2,8H2,1H3. The molecule has 19 heavy (non-hydrogen) atoms. The topological polar surface area (TPSA) is 55.7 Å². The van der Waals surface area contributed by atoms with Crippen molar-refractivity contribution in [1.29, 1.82) is 0 Å². The Bertz CT molecular complexity index is 532. The van der Waals surface area contributed by atoms with Crippen molar-refractivity contribution in [1.82, 2.24) is 0 Å². The molecule has 1 unspecified atom stereocenters. The molecule has 0 radical (unpaired) electrons. The number of ketones is 1. The zero-order chi connectivity index (χ0) is 13.7. The van der Waals surface area contributed by atoms with E-state index in [0.29, 0.717) is 12.0 Å². The van der Waals surface area contributed by atoms with Gasteiger partial charge in [-0.3, -0.25) is 14.6 Å². The van der Waals surface area contributed by atoms with Gasteiger partial charge < -0.3 is 4.74 Å². The summed E-state index contributed by atoms with van der Waals surface area (Å²) in [5.41, 5.74) is 1.55. The molecular formula is C15H15NO3. The first-order chi connectivity index (χ1) is 9.22. The molecule has 0 amide bonds. The van der Waals surface area contributed by atoms with Gasteiger partial charge in [-0.15, -0.1) is 0 Å². The highest BCUT2D eigenvalue weighted by molar-refractivity contribution is 6.19. The number of esters is 1. The summed E-state index contributed by atoms with van der Waals surface area (Å²) >= 11 is 0. The zero-order valence-corrected chi connectivity index (χ0v) is 10.7. The Balaban J connectivity index is 2.11. The van der Waals surface area contributed by atoms with Gasteiger partial charge in [-0.2, -0.15) is 0 Å². The van der Waals surface area contributed by atoms with Crippen LogP contribution in [0.3, 0.4) is 0 Å². The molecule has 0 N–H and O–H groups in total. The number of rotatable bonds is 4. The SMILES string of the molecule is CCOC(=O)C1C=NC=C(Cc2ccccc2)C1=O. The summed E-state index contributed by atoms with van der Waals surface area (Å²) in [5, 5.41) is 0. The highest BCUT2D eigenvalue weighted by atomic mass is 16.5. The zero-order valence-electron chi connectivity index (χ0n) is 10.7. The smallest absolute Gasteiger partial charge is 0.322 e. The van der Waals surface area contributed by atoms with E-state index in [1.165, 1.54) is 12.4 Å². The lowest BCUT2D eigenvalue weighted by Gasteiger charge is -2.15. The number of ether oxygens (including phenoxy) is 1. The summed E-state index contributed by atoms with van der Waals surface area (Å²) in [7, 11) is 0. The van der Waals surface area contributed by atoms with E-state index >= 15 is 0 Å². The number of carbonyl (C=O) groups is 2. The highest BCUT2D eigenvalue weighted by Crippen LogP contribution is 2.17. The average Bonchev–Trinajstić information content (AvgIpc) is 2.42. The van der Waals surface area contributed by atoms with Gasteiger partial charge in [0.1, 0.15) is 0 Å². The van der Waals surface area contributed by atoms with E-state index in [4.69, 9.17) is 4.74 Å². The van der Waals surface area contributed by atoms with Gasteiger partial charge >= 0.3 is 5.97 Å². The third kappa shape index (κ3) is 3.16. The lowest BCUT2D eigenvalue weighted by Crippen LogP contribution is -2.31. The van der Waals surface area contributed by atoms with E-state index in [1.807, 2.05) is 30.3 Å². The summed E-state index contributed by atoms with van der Waals surface area (Å²) < 4.78 is 4.87. The van der Waals surface area contributed by atoms with E-state index in [0.717, 1.165) is 5.56 Å². The first-order valence-electron chi connectivity index (χ1n) is 6.19. The number of allylic oxidation sites excluding steroid dienone is 1. The second-order valence-corrected chi connectivity index (χ2v) is 4.21. The number of benzene rings is 1. The summed E-state index contributed by atoms with van der Waals surface area (Å²) in [4.78, 5) is 27.8. The molecule has 1 heterocycles. The minimum atomic E-state index is -0.899. The normalized spacial score (nSPS) is 18.1. The van der Waals surface area contributed by atoms with Crippen LogP contribution in [0.15, 0.2) is 47.1 Å². The molecule has 1 aromatic carbocycles. The molecule has 4 nitrogen and oxygen atoms in total. The molecule has 2 rings (SSSR count). The summed E-state index contributed by atoms with van der Waals surface area (Å²) in [6.45, 7) is 1.97. The van der Waals surface area contributed by atoms with E-state index in [-0.39, 0.29) is 12.4 Å². The van der Waals surface area contributed by atoms with Crippen molar-refractivity contribution < 1.29 is 14.3 Å². The van der Waals surface area contributed by atoms with Crippen LogP contribution < -0.4 is 0 Å². The lowest BCUT2D eigenvalue weighted by atomic mass is 9.93. The van der Waals surface area contributed by atoms with Crippen LogP contribution >= 0.6 is 0 Å². The van der Waals surface area contributed by atoms with Crippen LogP contribution in [0, 0.1) is 5.92 Å². The Morgan fingerprint density at radius 2 is 2.05 bits per heavy atom. The third-order valence-corrected chi connectivity index (χ3v) is 2.84. The van der Waals surface area contributed by atoms with Gasteiger partial charge in [-0.1, -0.05) is 30.3 Å². The van der Waals surface area contributed by atoms with Gasteiger partial charge in [0.25, 0.3) is 0 Å². The monoisotopic (exact) mass is 257 g/mol. The fraction of sp³-hybridized carbons (Fsp3) is 0.267. The van der Waals surface area contributed by atoms with Crippen LogP contribution in [0.4, 0.5) is 0 Å². The fourth-order valence-corrected chi connectivity index (χ4v) is 1.90. The van der Waals surface area contributed by atoms with E-state index in [2.05, 4.69) is 4.99 Å². The van der Waals surface area contributed by atoms with Crippen LogP contribution in [0.5, 0.6) is 0 Å². The van der Waals surface area contributed by atoms with Gasteiger partial charge in [0.15, 0.2) is 11.7 Å². The molecular weight excluding hydrogens is 242 g/mol. The molecule has 4 heteroatoms. The molecule has 1 aliphatic heterocycles. The van der Waals surface area contributed by atoms with Crippen molar-refractivity contribution in [3.05, 3.63) is 47.7 Å². The van der Waals surface area contributed by atoms with Crippen molar-refractivity contribution >= 4 is 18.0 Å². The molecule has 0 aromatic heterocycles. The molecule has 0 saturated carbocycles. The minimum absolute atomic E-state index is 0.225. The Morgan fingerprint density at radius 1 is 1.32 bits per heavy atom. The van der Waals surface area contributed by atoms with Crippen LogP contribution in [0.25, 0.3) is 0 Å². The number of Topliss-reactive ketones (excluding diaryl/α,β-unsaturated/α-hetero) is 1. The van der Waals surface area contributed by atoms with E-state index in [9.17, 15) is 9.59 Å². The fourth-order valence-electron chi connectivity index (χ4n) is 1.90. The highest BCUT2D eigenvalue weighted by Gasteiger charge is 2.30. The van der Waals surface area contributed by atoms with Crippen LogP contribution in [-0.4, -0.2) is 24.6 Å². The van der Waals surface area contributed by atoms with Gasteiger partial charge in [0.05, 0.1) is 6.61 Å². The van der Waals surface area contributed by atoms with Gasteiger partial charge in [-0.05, 0) is 12.5 Å². The maximum Gasteiger partial charge on any atom is 0.322 e. The predicted molar refractivity (Wildman–Crippen MR) is 71.9 cm³/mol. The quantitative estimate of drug-likeness (QED) is 0.612. The van der Waals surface area contributed by atoms with Gasteiger partial charge in [-0.25, -0.2) is 0 Å². The number of hydrogen-bond donors (Lipinski definition) is 0. The average molecular weight is 257 g/mol. The molecule has 0 spiro atoms. The van der Waals surface area contributed by atoms with Gasteiger partial charge in [0.2, 0.25) is 0 Å². The van der Waals surface area contributed by atoms with Crippen molar-refractivity contribution in [3.63, 3.8) is 0 Å². The largest absolute Gasteiger partial charge is 0.465 e. The van der Waals surface area contributed by atoms with Crippen molar-refractivity contribution in [2.75, 3.05) is 6.61 Å². The lowest BCUT2D eigenvalue weighted by molar-refractivity contribution is -0.147. The molecule has 98 valence electrons. The van der Waals surface area contributed by atoms with Crippen LogP contribution in [-0.2, 0) is 20.7 Å². The first kappa shape index (κ1) is 13.2. The maximum absolute atomic E-state index is 12.2. The molecule has 0 saturated heterocycles. The Labute approximate surface area is 111 Å². The van der Waals surface area contributed by atoms with Crippen molar-refractivity contribution in [2.45, 2.75) is 13.3 Å². The Hall–Kier alpha value is -2.23. The predicted octanol–water partition coefficient (Wildman–Crippen LogP) is 1.95. The molecule has 1 aliphatic rings. The van der Waals surface area contributed by atoms with Crippen molar-refractivity contribution in [2.24, 2.45) is 10.9 Å². The Kier molecular flexibility index (Phi) is 4.23. The van der Waals surface area contributed by atoms with Crippen LogP contribution in [0.2, 0.25) is 0 Å². The second kappa shape index (κ2) is 6.09. The molecule has 0 bridgehead atoms. The summed E-state index contributed by atoms with van der Waals surface area (Å²) in [6, 6.07) is 9.61. The van der Waals surface area contributed by atoms with Crippen molar-refractivity contribution in [3.8, 4) is 0 Å². The summed E-state index contributed by atoms with van der Waals surface area (Å²) in [5.74, 6) is -1.66. The molecule has 0 aliphatic carbocycles. The number of aliphatic imine (C=N–C) groups is 1. The van der Waals surface area contributed by atoms with Gasteiger partial charge in [0, 0.05) is 24.4 Å². The second-order valence-electron chi connectivity index (χ2n) is 4.21. The minimum Gasteiger partial charge on any atom is -0.465 e. The molecule has 0 fully saturated rings. The summed E-state index contributed by atoms with van der Waals surface area (Å²) in [6.07, 6.45) is 3.34. The molecule has 1 atom stereocenters. The number of carbonyl (C=O) groups excluding carboxylic acids is 2. The third-order valence-electron chi connectivity index (χ3n) is 2.84.